The summed E-state index contributed by atoms with van der Waals surface area (Å²) in [7, 11) is 1.45. The fraction of sp³-hybridized carbons (Fsp3) is 0.628. The summed E-state index contributed by atoms with van der Waals surface area (Å²) in [4.78, 5) is 36.0. The van der Waals surface area contributed by atoms with Crippen molar-refractivity contribution < 1.29 is 42.1 Å². The number of hydrogen-bond acceptors (Lipinski definition) is 7. The molecule has 2 atom stereocenters. The summed E-state index contributed by atoms with van der Waals surface area (Å²) in [5.41, 5.74) is 0. The van der Waals surface area contributed by atoms with E-state index in [1.54, 1.807) is 0 Å². The van der Waals surface area contributed by atoms with Crippen LogP contribution in [0.1, 0.15) is 296 Å². The van der Waals surface area contributed by atoms with Gasteiger partial charge in [0.15, 0.2) is 6.10 Å². The maximum Gasteiger partial charge on any atom is 0.472 e. The van der Waals surface area contributed by atoms with Crippen molar-refractivity contribution in [3.8, 4) is 0 Å². The number of carbonyl (C=O) groups excluding carboxylic acids is 2. The molecular formula is C86H143NO8P+. The highest BCUT2D eigenvalue weighted by molar-refractivity contribution is 7.47. The van der Waals surface area contributed by atoms with Gasteiger partial charge in [0.25, 0.3) is 0 Å². The molecule has 10 heteroatoms. The van der Waals surface area contributed by atoms with E-state index in [9.17, 15) is 19.0 Å². The van der Waals surface area contributed by atoms with Gasteiger partial charge >= 0.3 is 19.8 Å². The van der Waals surface area contributed by atoms with Gasteiger partial charge in [-0.15, -0.1) is 0 Å². The lowest BCUT2D eigenvalue weighted by Crippen LogP contribution is -2.37. The van der Waals surface area contributed by atoms with Crippen molar-refractivity contribution in [2.24, 2.45) is 0 Å². The lowest BCUT2D eigenvalue weighted by Gasteiger charge is -2.24. The van der Waals surface area contributed by atoms with Gasteiger partial charge in [-0.05, 0) is 135 Å². The van der Waals surface area contributed by atoms with Crippen LogP contribution in [0, 0.1) is 0 Å². The number of carbonyl (C=O) groups is 2. The van der Waals surface area contributed by atoms with Crippen LogP contribution in [-0.4, -0.2) is 74.9 Å². The number of nitrogens with zero attached hydrogens (tertiary/aromatic N) is 1. The fourth-order valence-electron chi connectivity index (χ4n) is 10.1. The number of ether oxygens (including phenoxy) is 2. The average Bonchev–Trinajstić information content (AvgIpc) is 1.97. The Morgan fingerprint density at radius 1 is 0.323 bits per heavy atom. The van der Waals surface area contributed by atoms with E-state index in [-0.39, 0.29) is 32.0 Å². The van der Waals surface area contributed by atoms with Crippen LogP contribution in [-0.2, 0) is 32.7 Å². The first-order valence-electron chi connectivity index (χ1n) is 38.5. The zero-order chi connectivity index (χ0) is 69.7. The second-order valence-electron chi connectivity index (χ2n) is 26.3. The van der Waals surface area contributed by atoms with Crippen molar-refractivity contribution in [2.75, 3.05) is 47.5 Å². The number of hydrogen-bond donors (Lipinski definition) is 1. The van der Waals surface area contributed by atoms with Crippen LogP contribution in [0.5, 0.6) is 0 Å². The Morgan fingerprint density at radius 2 is 0.562 bits per heavy atom. The van der Waals surface area contributed by atoms with Crippen LogP contribution in [0.15, 0.2) is 182 Å². The molecule has 0 amide bonds. The Bertz CT molecular complexity index is 2280. The first kappa shape index (κ1) is 91.1. The van der Waals surface area contributed by atoms with Crippen LogP contribution < -0.4 is 0 Å². The normalized spacial score (nSPS) is 14.1. The largest absolute Gasteiger partial charge is 0.472 e. The zero-order valence-corrected chi connectivity index (χ0v) is 62.9. The maximum absolute atomic E-state index is 12.9. The minimum Gasteiger partial charge on any atom is -0.462 e. The molecule has 0 aliphatic carbocycles. The van der Waals surface area contributed by atoms with Crippen LogP contribution in [0.3, 0.4) is 0 Å². The molecule has 96 heavy (non-hydrogen) atoms. The highest BCUT2D eigenvalue weighted by atomic mass is 31.2. The monoisotopic (exact) mass is 1350 g/mol. The minimum absolute atomic E-state index is 0.0209. The molecule has 9 nitrogen and oxygen atoms in total. The molecule has 0 radical (unpaired) electrons. The summed E-state index contributed by atoms with van der Waals surface area (Å²) < 4.78 is 34.8. The van der Waals surface area contributed by atoms with Gasteiger partial charge in [0, 0.05) is 12.8 Å². The smallest absolute Gasteiger partial charge is 0.462 e. The summed E-state index contributed by atoms with van der Waals surface area (Å²) in [6.45, 7) is 4.19. The second-order valence-corrected chi connectivity index (χ2v) is 27.7. The molecule has 0 heterocycles. The van der Waals surface area contributed by atoms with E-state index in [0.29, 0.717) is 17.4 Å². The molecule has 0 aromatic rings. The molecule has 0 aromatic heterocycles. The third-order valence-corrected chi connectivity index (χ3v) is 16.9. The maximum atomic E-state index is 12.9. The fourth-order valence-corrected chi connectivity index (χ4v) is 10.9. The predicted octanol–water partition coefficient (Wildman–Crippen LogP) is 25.8. The van der Waals surface area contributed by atoms with Gasteiger partial charge < -0.3 is 18.9 Å². The number of phosphoric ester groups is 1. The highest BCUT2D eigenvalue weighted by Crippen LogP contribution is 2.43. The average molecular weight is 1350 g/mol. The first-order chi connectivity index (χ1) is 47.0. The van der Waals surface area contributed by atoms with E-state index in [0.717, 1.165) is 154 Å². The number of esters is 2. The third kappa shape index (κ3) is 78.1. The molecule has 2 unspecified atom stereocenters. The molecule has 1 N–H and O–H groups in total. The summed E-state index contributed by atoms with van der Waals surface area (Å²) in [6.07, 6.45) is 114. The van der Waals surface area contributed by atoms with Gasteiger partial charge in [0.1, 0.15) is 19.8 Å². The second kappa shape index (κ2) is 74.3. The molecule has 0 bridgehead atoms. The molecule has 0 aliphatic rings. The number of rotatable bonds is 69. The zero-order valence-electron chi connectivity index (χ0n) is 62.0. The van der Waals surface area contributed by atoms with E-state index in [1.165, 1.54) is 109 Å². The Hall–Kier alpha value is -4.89. The third-order valence-electron chi connectivity index (χ3n) is 15.9. The molecule has 0 spiro atoms. The molecule has 0 saturated carbocycles. The molecule has 0 aliphatic heterocycles. The number of phosphoric acid groups is 1. The molecular weight excluding hydrogens is 1210 g/mol. The highest BCUT2D eigenvalue weighted by Gasteiger charge is 2.27. The Balaban J connectivity index is 4.04. The predicted molar refractivity (Wildman–Crippen MR) is 417 cm³/mol. The topological polar surface area (TPSA) is 108 Å². The minimum atomic E-state index is -4.41. The molecule has 544 valence electrons. The van der Waals surface area contributed by atoms with E-state index in [4.69, 9.17) is 18.5 Å². The van der Waals surface area contributed by atoms with E-state index < -0.39 is 26.5 Å². The van der Waals surface area contributed by atoms with Crippen molar-refractivity contribution in [1.29, 1.82) is 0 Å². The number of allylic oxidation sites excluding steroid dienone is 30. The standard InChI is InChI=1S/C86H142NO8P/c1-6-8-10-12-14-16-18-20-22-24-26-28-30-32-34-36-38-39-40-41-42-43-44-45-46-47-49-50-52-54-56-58-60-62-64-66-68-70-72-74-76-78-85(88)92-82-84(83-94-96(90,91)93-81-80-87(3,4)5)95-86(89)79-77-75-73-71-69-67-65-63-61-59-57-55-53-51-48-37-35-33-31-29-27-25-23-21-19-17-15-13-11-9-7-2/h8-11,14-17,20-23,26-29,32-35,38-39,41-42,48,51,55,57,61,63,84H,6-7,12-13,18-19,24-25,30-31,36-37,40,43-47,49-50,52-54,56,58-60,62,64-83H2,1-5H3/p+1/b10-8-,11-9-,16-14-,17-15-,22-20-,23-21-,28-26-,29-27-,34-32-,35-33-,39-38-,42-41-,51-48-,57-55-,63-61-. The van der Waals surface area contributed by atoms with E-state index >= 15 is 0 Å². The summed E-state index contributed by atoms with van der Waals surface area (Å²) in [6, 6.07) is 0. The molecule has 0 rings (SSSR count). The quantitative estimate of drug-likeness (QED) is 0.0211. The van der Waals surface area contributed by atoms with Gasteiger partial charge in [-0.1, -0.05) is 331 Å². The number of quaternary nitrogens is 1. The van der Waals surface area contributed by atoms with Gasteiger partial charge in [-0.2, -0.15) is 0 Å². The van der Waals surface area contributed by atoms with Crippen LogP contribution in [0.4, 0.5) is 0 Å². The lowest BCUT2D eigenvalue weighted by atomic mass is 10.0. The van der Waals surface area contributed by atoms with Gasteiger partial charge in [-0.25, -0.2) is 4.57 Å². The van der Waals surface area contributed by atoms with E-state index in [2.05, 4.69) is 196 Å². The van der Waals surface area contributed by atoms with Gasteiger partial charge in [-0.3, -0.25) is 18.6 Å². The van der Waals surface area contributed by atoms with Crippen molar-refractivity contribution in [2.45, 2.75) is 302 Å². The van der Waals surface area contributed by atoms with Crippen molar-refractivity contribution >= 4 is 19.8 Å². The van der Waals surface area contributed by atoms with Crippen molar-refractivity contribution in [1.82, 2.24) is 0 Å². The van der Waals surface area contributed by atoms with Crippen molar-refractivity contribution in [3.63, 3.8) is 0 Å². The summed E-state index contributed by atoms with van der Waals surface area (Å²) in [5, 5.41) is 0. The van der Waals surface area contributed by atoms with Gasteiger partial charge in [0.2, 0.25) is 0 Å². The van der Waals surface area contributed by atoms with Crippen LogP contribution >= 0.6 is 7.82 Å². The Kier molecular flexibility index (Phi) is 70.5. The first-order valence-corrected chi connectivity index (χ1v) is 40.0. The van der Waals surface area contributed by atoms with Gasteiger partial charge in [0.05, 0.1) is 27.7 Å². The lowest BCUT2D eigenvalue weighted by molar-refractivity contribution is -0.870. The molecule has 0 fully saturated rings. The van der Waals surface area contributed by atoms with Crippen LogP contribution in [0.2, 0.25) is 0 Å². The Labute approximate surface area is 591 Å². The van der Waals surface area contributed by atoms with Crippen LogP contribution in [0.25, 0.3) is 0 Å². The van der Waals surface area contributed by atoms with Crippen molar-refractivity contribution in [3.05, 3.63) is 182 Å². The van der Waals surface area contributed by atoms with E-state index in [1.807, 2.05) is 21.1 Å². The number of unbranched alkanes of at least 4 members (excludes halogenated alkanes) is 25. The summed E-state index contributed by atoms with van der Waals surface area (Å²) >= 11 is 0. The molecule has 0 saturated heterocycles. The molecule has 0 aromatic carbocycles. The SMILES string of the molecule is CC/C=C\C/C=C\C/C=C\C/C=C\C/C=C\C/C=C\C/C=C\C/C=C\CCCCCCCCC(=O)OC(COC(=O)CCCCCCCCCCCCCCCCCCCCC/C=C\C/C=C\C/C=C\C/C=C\C/C=C\C/C=C\C/C=C\CC)COP(=O)(O)OCC[N+](C)(C)C. The number of likely N-dealkylation sites (N-methyl/N-ethyl adjacent to an activating group) is 1. The Morgan fingerprint density at radius 3 is 0.833 bits per heavy atom. The summed E-state index contributed by atoms with van der Waals surface area (Å²) in [5.74, 6) is -0.817.